The summed E-state index contributed by atoms with van der Waals surface area (Å²) in [5, 5.41) is 0. The monoisotopic (exact) mass is 782 g/mol. The topological polar surface area (TPSA) is 102 Å². The van der Waals surface area contributed by atoms with E-state index in [0.29, 0.717) is 26.4 Å². The average molecular weight is 783 g/mol. The molecule has 0 amide bonds. The molecule has 4 aromatic rings. The predicted octanol–water partition coefficient (Wildman–Crippen LogP) is 7.10. The van der Waals surface area contributed by atoms with E-state index < -0.39 is 73.0 Å². The summed E-state index contributed by atoms with van der Waals surface area (Å²) in [5.41, 5.74) is 4.06. The maximum absolute atomic E-state index is 7.14. The van der Waals surface area contributed by atoms with Gasteiger partial charge >= 0.3 is 0 Å². The van der Waals surface area contributed by atoms with Crippen LogP contribution in [-0.2, 0) is 78.5 Å². The Kier molecular flexibility index (Phi) is 12.8. The van der Waals surface area contributed by atoms with E-state index in [1.807, 2.05) is 149 Å². The molecule has 4 saturated heterocycles. The van der Waals surface area contributed by atoms with Gasteiger partial charge in [0.2, 0.25) is 0 Å². The second-order valence-corrected chi connectivity index (χ2v) is 15.9. The lowest BCUT2D eigenvalue weighted by Gasteiger charge is -2.47. The Morgan fingerprint density at radius 1 is 0.509 bits per heavy atom. The quantitative estimate of drug-likeness (QED) is 0.116. The molecule has 4 aliphatic heterocycles. The molecule has 0 radical (unpaired) electrons. The first-order valence-corrected chi connectivity index (χ1v) is 19.9. The zero-order valence-corrected chi connectivity index (χ0v) is 33.1. The van der Waals surface area contributed by atoms with Crippen molar-refractivity contribution in [1.29, 1.82) is 0 Å². The van der Waals surface area contributed by atoms with Crippen molar-refractivity contribution < 1.29 is 52.1 Å². The van der Waals surface area contributed by atoms with E-state index in [4.69, 9.17) is 52.1 Å². The van der Waals surface area contributed by atoms with Gasteiger partial charge in [-0.25, -0.2) is 0 Å². The van der Waals surface area contributed by atoms with Gasteiger partial charge in [-0.1, -0.05) is 121 Å². The molecule has 4 fully saturated rings. The third-order valence-corrected chi connectivity index (χ3v) is 10.6. The standard InChI is InChI=1S/C46H54O11/c1-45(2)51-30-36(55-45)38-40(42-44(53-38)57-46(3,4)56-42)54-43-41(50-28-34-23-15-8-16-24-34)39(49-27-33-21-13-7-14-22-33)37(48-26-32-19-11-6-12-20-32)35(52-43)29-47-25-31-17-9-5-10-18-31/h5-24,35-44H,25-30H2,1-4H3/t35?,36?,37-,38+,39?,40-,41?,42+,43-,44+/m0/s1. The van der Waals surface area contributed by atoms with Crippen molar-refractivity contribution in [3.63, 3.8) is 0 Å². The van der Waals surface area contributed by atoms with Crippen LogP contribution in [0, 0.1) is 0 Å². The van der Waals surface area contributed by atoms with Crippen molar-refractivity contribution in [2.75, 3.05) is 13.2 Å². The second-order valence-electron chi connectivity index (χ2n) is 15.9. The molecule has 304 valence electrons. The Morgan fingerprint density at radius 3 is 1.54 bits per heavy atom. The molecule has 0 aliphatic carbocycles. The zero-order chi connectivity index (χ0) is 39.2. The smallest absolute Gasteiger partial charge is 0.190 e. The van der Waals surface area contributed by atoms with E-state index in [2.05, 4.69) is 0 Å². The number of hydrogen-bond acceptors (Lipinski definition) is 11. The molecule has 4 unspecified atom stereocenters. The van der Waals surface area contributed by atoms with E-state index >= 15 is 0 Å². The fraction of sp³-hybridized carbons (Fsp3) is 0.478. The van der Waals surface area contributed by atoms with E-state index in [9.17, 15) is 0 Å². The van der Waals surface area contributed by atoms with Gasteiger partial charge in [-0.3, -0.25) is 0 Å². The molecular weight excluding hydrogens is 728 g/mol. The molecule has 11 heteroatoms. The third-order valence-electron chi connectivity index (χ3n) is 10.6. The van der Waals surface area contributed by atoms with Gasteiger partial charge in [-0.2, -0.15) is 0 Å². The summed E-state index contributed by atoms with van der Waals surface area (Å²) in [4.78, 5) is 0. The van der Waals surface area contributed by atoms with Gasteiger partial charge in [0.15, 0.2) is 24.2 Å². The molecular formula is C46H54O11. The first-order chi connectivity index (χ1) is 27.7. The summed E-state index contributed by atoms with van der Waals surface area (Å²) in [5.74, 6) is -1.68. The molecule has 0 spiro atoms. The van der Waals surface area contributed by atoms with Gasteiger partial charge < -0.3 is 52.1 Å². The van der Waals surface area contributed by atoms with Crippen LogP contribution in [0.4, 0.5) is 0 Å². The van der Waals surface area contributed by atoms with Gasteiger partial charge in [0, 0.05) is 0 Å². The van der Waals surface area contributed by atoms with E-state index in [1.54, 1.807) is 0 Å². The molecule has 10 atom stereocenters. The highest BCUT2D eigenvalue weighted by atomic mass is 16.9. The third kappa shape index (κ3) is 10.2. The fourth-order valence-electron chi connectivity index (χ4n) is 7.85. The van der Waals surface area contributed by atoms with Crippen LogP contribution in [0.2, 0.25) is 0 Å². The molecule has 0 bridgehead atoms. The minimum absolute atomic E-state index is 0.196. The Bertz CT molecular complexity index is 1810. The Morgan fingerprint density at radius 2 is 1.02 bits per heavy atom. The zero-order valence-electron chi connectivity index (χ0n) is 33.1. The number of hydrogen-bond donors (Lipinski definition) is 0. The molecule has 0 N–H and O–H groups in total. The van der Waals surface area contributed by atoms with Crippen molar-refractivity contribution >= 4 is 0 Å². The van der Waals surface area contributed by atoms with Crippen LogP contribution >= 0.6 is 0 Å². The highest BCUT2D eigenvalue weighted by Gasteiger charge is 2.61. The number of ether oxygens (including phenoxy) is 11. The Labute approximate surface area is 335 Å². The molecule has 4 heterocycles. The van der Waals surface area contributed by atoms with Crippen LogP contribution in [0.3, 0.4) is 0 Å². The van der Waals surface area contributed by atoms with Crippen LogP contribution in [-0.4, -0.2) is 86.2 Å². The molecule has 0 saturated carbocycles. The van der Waals surface area contributed by atoms with Crippen LogP contribution in [0.25, 0.3) is 0 Å². The minimum atomic E-state index is -0.978. The average Bonchev–Trinajstić information content (AvgIpc) is 3.85. The molecule has 4 aliphatic rings. The lowest BCUT2D eigenvalue weighted by atomic mass is 9.97. The van der Waals surface area contributed by atoms with Crippen LogP contribution in [0.1, 0.15) is 49.9 Å². The number of fused-ring (bicyclic) bond motifs is 1. The van der Waals surface area contributed by atoms with E-state index in [1.165, 1.54) is 0 Å². The van der Waals surface area contributed by atoms with Crippen molar-refractivity contribution in [2.24, 2.45) is 0 Å². The van der Waals surface area contributed by atoms with E-state index in [0.717, 1.165) is 22.3 Å². The minimum Gasteiger partial charge on any atom is -0.374 e. The van der Waals surface area contributed by atoms with Gasteiger partial charge in [0.05, 0.1) is 39.6 Å². The normalized spacial score (nSPS) is 31.6. The molecule has 8 rings (SSSR count). The highest BCUT2D eigenvalue weighted by molar-refractivity contribution is 5.16. The molecule has 4 aromatic carbocycles. The number of benzene rings is 4. The van der Waals surface area contributed by atoms with Gasteiger partial charge in [0.25, 0.3) is 0 Å². The molecule has 57 heavy (non-hydrogen) atoms. The highest BCUT2D eigenvalue weighted by Crippen LogP contribution is 2.44. The first kappa shape index (κ1) is 40.2. The number of rotatable bonds is 16. The fourth-order valence-corrected chi connectivity index (χ4v) is 7.85. The summed E-state index contributed by atoms with van der Waals surface area (Å²) in [6.07, 6.45) is -6.67. The largest absolute Gasteiger partial charge is 0.374 e. The summed E-state index contributed by atoms with van der Waals surface area (Å²) in [7, 11) is 0. The van der Waals surface area contributed by atoms with Crippen molar-refractivity contribution in [3.05, 3.63) is 144 Å². The van der Waals surface area contributed by atoms with E-state index in [-0.39, 0.29) is 13.2 Å². The van der Waals surface area contributed by atoms with Crippen molar-refractivity contribution in [2.45, 2.75) is 127 Å². The maximum atomic E-state index is 7.14. The first-order valence-electron chi connectivity index (χ1n) is 19.9. The summed E-state index contributed by atoms with van der Waals surface area (Å²) >= 11 is 0. The summed E-state index contributed by atoms with van der Waals surface area (Å²) in [6, 6.07) is 40.2. The molecule has 11 nitrogen and oxygen atoms in total. The van der Waals surface area contributed by atoms with Crippen LogP contribution < -0.4 is 0 Å². The summed E-state index contributed by atoms with van der Waals surface area (Å²) in [6.45, 7) is 9.30. The SMILES string of the molecule is CC1(C)OCC([C@H]2O[C@@H]3OC(C)(C)O[C@@H]3[C@H]2O[C@@H]2OC(COCc3ccccc3)[C@H](OCc3ccccc3)C(OCc3ccccc3)C2OCc2ccccc2)O1. The lowest BCUT2D eigenvalue weighted by Crippen LogP contribution is -2.63. The predicted molar refractivity (Wildman–Crippen MR) is 208 cm³/mol. The van der Waals surface area contributed by atoms with Crippen LogP contribution in [0.5, 0.6) is 0 Å². The maximum Gasteiger partial charge on any atom is 0.190 e. The van der Waals surface area contributed by atoms with Gasteiger partial charge in [0.1, 0.15) is 48.8 Å². The Hall–Kier alpha value is -3.56. The lowest BCUT2D eigenvalue weighted by molar-refractivity contribution is -0.345. The summed E-state index contributed by atoms with van der Waals surface area (Å²) < 4.78 is 72.8. The van der Waals surface area contributed by atoms with Crippen molar-refractivity contribution in [3.8, 4) is 0 Å². The Balaban J connectivity index is 1.14. The molecule has 0 aromatic heterocycles. The van der Waals surface area contributed by atoms with Crippen molar-refractivity contribution in [1.82, 2.24) is 0 Å². The van der Waals surface area contributed by atoms with Crippen LogP contribution in [0.15, 0.2) is 121 Å². The van der Waals surface area contributed by atoms with Gasteiger partial charge in [-0.15, -0.1) is 0 Å². The van der Waals surface area contributed by atoms with Gasteiger partial charge in [-0.05, 0) is 49.9 Å². The second kappa shape index (κ2) is 18.1.